The van der Waals surface area contributed by atoms with Gasteiger partial charge in [-0.15, -0.1) is 11.3 Å². The second-order valence-corrected chi connectivity index (χ2v) is 8.07. The number of rotatable bonds is 3. The topological polar surface area (TPSA) is 39.3 Å². The molecule has 26 heavy (non-hydrogen) atoms. The quantitative estimate of drug-likeness (QED) is 0.643. The molecule has 3 aromatic rings. The molecule has 0 bridgehead atoms. The number of aromatic nitrogens is 2. The van der Waals surface area contributed by atoms with Gasteiger partial charge in [0.05, 0.1) is 37.3 Å². The molecule has 1 aromatic carbocycles. The second kappa shape index (κ2) is 8.33. The molecule has 2 atom stereocenters. The first kappa shape index (κ1) is 19.1. The van der Waals surface area contributed by atoms with E-state index in [1.165, 1.54) is 11.4 Å². The lowest BCUT2D eigenvalue weighted by molar-refractivity contribution is -0.878. The Kier molecular flexibility index (Phi) is 6.12. The lowest BCUT2D eigenvalue weighted by atomic mass is 10.1. The minimum absolute atomic E-state index is 0. The van der Waals surface area contributed by atoms with E-state index in [4.69, 9.17) is 5.10 Å². The van der Waals surface area contributed by atoms with Crippen LogP contribution in [0.15, 0.2) is 46.6 Å². The zero-order chi connectivity index (χ0) is 17.2. The summed E-state index contributed by atoms with van der Waals surface area (Å²) in [6.45, 7) is 2.28. The number of nitrogens with zero attached hydrogens (tertiary/aromatic N) is 2. The van der Waals surface area contributed by atoms with Crippen molar-refractivity contribution in [3.05, 3.63) is 62.7 Å². The van der Waals surface area contributed by atoms with Gasteiger partial charge in [-0.25, -0.2) is 4.68 Å². The van der Waals surface area contributed by atoms with E-state index >= 15 is 0 Å². The maximum Gasteiger partial charge on any atom is 0.274 e. The molecule has 2 aromatic heterocycles. The number of hydrogen-bond donors (Lipinski definition) is 1. The number of likely N-dealkylation sites (tertiary alicyclic amines) is 1. The van der Waals surface area contributed by atoms with E-state index in [1.807, 2.05) is 24.3 Å². The molecule has 1 N–H and O–H groups in total. The predicted octanol–water partition coefficient (Wildman–Crippen LogP) is -0.707. The highest BCUT2D eigenvalue weighted by atomic mass is 35.5. The van der Waals surface area contributed by atoms with Gasteiger partial charge in [0.15, 0.2) is 0 Å². The summed E-state index contributed by atoms with van der Waals surface area (Å²) >= 11 is 1.74. The molecule has 2 unspecified atom stereocenters. The summed E-state index contributed by atoms with van der Waals surface area (Å²) in [6.07, 6.45) is 4.00. The Bertz CT molecular complexity index is 922. The number of nitrogens with one attached hydrogen (secondary N) is 1. The first-order valence-corrected chi connectivity index (χ1v) is 9.94. The smallest absolute Gasteiger partial charge is 0.274 e. The molecule has 0 spiro atoms. The van der Waals surface area contributed by atoms with Crippen LogP contribution in [0.4, 0.5) is 0 Å². The third kappa shape index (κ3) is 3.85. The van der Waals surface area contributed by atoms with Crippen molar-refractivity contribution in [1.29, 1.82) is 0 Å². The molecule has 0 amide bonds. The zero-order valence-electron chi connectivity index (χ0n) is 15.0. The van der Waals surface area contributed by atoms with Crippen LogP contribution in [0, 0.1) is 0 Å². The van der Waals surface area contributed by atoms with Gasteiger partial charge in [0, 0.05) is 23.1 Å². The van der Waals surface area contributed by atoms with E-state index < -0.39 is 0 Å². The molecule has 3 heterocycles. The summed E-state index contributed by atoms with van der Waals surface area (Å²) < 4.78 is 1.80. The van der Waals surface area contributed by atoms with Crippen molar-refractivity contribution < 1.29 is 17.3 Å². The Morgan fingerprint density at radius 1 is 1.15 bits per heavy atom. The van der Waals surface area contributed by atoms with Crippen LogP contribution in [0.3, 0.4) is 0 Å². The van der Waals surface area contributed by atoms with Crippen molar-refractivity contribution in [2.24, 2.45) is 0 Å². The minimum atomic E-state index is 0. The normalized spacial score (nSPS) is 20.5. The van der Waals surface area contributed by atoms with Crippen molar-refractivity contribution in [3.63, 3.8) is 0 Å². The van der Waals surface area contributed by atoms with Crippen LogP contribution in [-0.2, 0) is 6.42 Å². The van der Waals surface area contributed by atoms with Crippen molar-refractivity contribution in [2.75, 3.05) is 20.1 Å². The van der Waals surface area contributed by atoms with Crippen LogP contribution in [-0.4, -0.2) is 29.9 Å². The third-order valence-electron chi connectivity index (χ3n) is 5.22. The van der Waals surface area contributed by atoms with E-state index in [0.29, 0.717) is 0 Å². The van der Waals surface area contributed by atoms with Gasteiger partial charge in [0.25, 0.3) is 5.56 Å². The highest BCUT2D eigenvalue weighted by molar-refractivity contribution is 7.09. The maximum atomic E-state index is 13.1. The predicted molar refractivity (Wildman–Crippen MR) is 103 cm³/mol. The van der Waals surface area contributed by atoms with Gasteiger partial charge >= 0.3 is 0 Å². The first-order chi connectivity index (χ1) is 12.2. The van der Waals surface area contributed by atoms with E-state index in [0.717, 1.165) is 48.7 Å². The van der Waals surface area contributed by atoms with Gasteiger partial charge < -0.3 is 17.3 Å². The standard InChI is InChI=1S/C20H23N3OS.ClH/c1-22-11-4-6-15(10-12-22)23-20(24)18-9-3-2-8-17(18)19(21-23)14-16-7-5-13-25-16;/h2-3,5,7-9,13,15H,4,6,10-12,14H2,1H3;1H. The number of benzene rings is 1. The molecule has 6 heteroatoms. The molecule has 0 saturated carbocycles. The van der Waals surface area contributed by atoms with Gasteiger partial charge in [-0.05, 0) is 30.4 Å². The summed E-state index contributed by atoms with van der Waals surface area (Å²) in [5.41, 5.74) is 1.08. The van der Waals surface area contributed by atoms with E-state index in [9.17, 15) is 4.79 Å². The second-order valence-electron chi connectivity index (χ2n) is 7.04. The SMILES string of the molecule is C[NH+]1CCCC(n2nc(Cc3cccs3)c3ccccc3c2=O)CC1.[Cl-]. The molecule has 1 saturated heterocycles. The molecule has 0 radical (unpaired) electrons. The molecule has 138 valence electrons. The molecule has 1 aliphatic rings. The zero-order valence-corrected chi connectivity index (χ0v) is 16.5. The molecular formula is C20H24ClN3OS. The number of halogens is 1. The first-order valence-electron chi connectivity index (χ1n) is 9.06. The molecule has 4 nitrogen and oxygen atoms in total. The average Bonchev–Trinajstić information content (AvgIpc) is 3.04. The Morgan fingerprint density at radius 2 is 1.96 bits per heavy atom. The largest absolute Gasteiger partial charge is 1.00 e. The van der Waals surface area contributed by atoms with Crippen molar-refractivity contribution in [1.82, 2.24) is 9.78 Å². The summed E-state index contributed by atoms with van der Waals surface area (Å²) in [6, 6.07) is 12.4. The lowest BCUT2D eigenvalue weighted by Crippen LogP contribution is -3.08. The van der Waals surface area contributed by atoms with Crippen LogP contribution in [0.25, 0.3) is 10.8 Å². The fraction of sp³-hybridized carbons (Fsp3) is 0.400. The van der Waals surface area contributed by atoms with E-state index in [2.05, 4.69) is 24.6 Å². The van der Waals surface area contributed by atoms with Gasteiger partial charge in [-0.2, -0.15) is 5.10 Å². The Hall–Kier alpha value is -1.69. The van der Waals surface area contributed by atoms with Gasteiger partial charge in [-0.1, -0.05) is 24.3 Å². The summed E-state index contributed by atoms with van der Waals surface area (Å²) in [5, 5.41) is 8.76. The molecule has 1 aliphatic heterocycles. The van der Waals surface area contributed by atoms with Crippen LogP contribution in [0.2, 0.25) is 0 Å². The maximum absolute atomic E-state index is 13.1. The highest BCUT2D eigenvalue weighted by Gasteiger charge is 2.22. The van der Waals surface area contributed by atoms with Gasteiger partial charge in [-0.3, -0.25) is 4.79 Å². The number of hydrogen-bond acceptors (Lipinski definition) is 3. The molecule has 0 aliphatic carbocycles. The molecule has 4 rings (SSSR count). The average molecular weight is 390 g/mol. The number of quaternary nitrogens is 1. The van der Waals surface area contributed by atoms with Crippen molar-refractivity contribution in [2.45, 2.75) is 31.7 Å². The van der Waals surface area contributed by atoms with Crippen molar-refractivity contribution >= 4 is 22.1 Å². The van der Waals surface area contributed by atoms with Crippen LogP contribution >= 0.6 is 11.3 Å². The van der Waals surface area contributed by atoms with Gasteiger partial charge in [0.2, 0.25) is 0 Å². The molecular weight excluding hydrogens is 366 g/mol. The van der Waals surface area contributed by atoms with Crippen LogP contribution < -0.4 is 22.9 Å². The van der Waals surface area contributed by atoms with E-state index in [1.54, 1.807) is 20.9 Å². The highest BCUT2D eigenvalue weighted by Crippen LogP contribution is 2.22. The molecule has 1 fully saturated rings. The fourth-order valence-corrected chi connectivity index (χ4v) is 4.51. The number of thiophene rings is 1. The third-order valence-corrected chi connectivity index (χ3v) is 6.09. The summed E-state index contributed by atoms with van der Waals surface area (Å²) in [7, 11) is 2.24. The van der Waals surface area contributed by atoms with Crippen molar-refractivity contribution in [3.8, 4) is 0 Å². The monoisotopic (exact) mass is 389 g/mol. The number of fused-ring (bicyclic) bond motifs is 1. The Morgan fingerprint density at radius 3 is 2.73 bits per heavy atom. The lowest BCUT2D eigenvalue weighted by Gasteiger charge is -2.18. The van der Waals surface area contributed by atoms with Crippen LogP contribution in [0.1, 0.15) is 35.9 Å². The minimum Gasteiger partial charge on any atom is -1.00 e. The Labute approximate surface area is 163 Å². The fourth-order valence-electron chi connectivity index (χ4n) is 3.80. The van der Waals surface area contributed by atoms with Crippen LogP contribution in [0.5, 0.6) is 0 Å². The Balaban J connectivity index is 0.00000196. The van der Waals surface area contributed by atoms with E-state index in [-0.39, 0.29) is 24.0 Å². The van der Waals surface area contributed by atoms with Gasteiger partial charge in [0.1, 0.15) is 0 Å². The summed E-state index contributed by atoms with van der Waals surface area (Å²) in [5.74, 6) is 0. The summed E-state index contributed by atoms with van der Waals surface area (Å²) in [4.78, 5) is 15.9.